The van der Waals surface area contributed by atoms with E-state index in [-0.39, 0.29) is 10.8 Å². The van der Waals surface area contributed by atoms with Crippen LogP contribution in [0.25, 0.3) is 21.5 Å². The lowest BCUT2D eigenvalue weighted by Crippen LogP contribution is -2.27. The van der Waals surface area contributed by atoms with Gasteiger partial charge in [0.2, 0.25) is 0 Å². The van der Waals surface area contributed by atoms with Crippen molar-refractivity contribution < 1.29 is 0 Å². The van der Waals surface area contributed by atoms with Gasteiger partial charge in [-0.3, -0.25) is 0 Å². The summed E-state index contributed by atoms with van der Waals surface area (Å²) in [5.41, 5.74) is 7.65. The summed E-state index contributed by atoms with van der Waals surface area (Å²) < 4.78 is 0. The first kappa shape index (κ1) is 27.0. The molecule has 0 fully saturated rings. The van der Waals surface area contributed by atoms with Crippen LogP contribution in [0.4, 0.5) is 5.69 Å². The monoisotopic (exact) mass is 513 g/mol. The molecule has 1 nitrogen and oxygen atoms in total. The minimum Gasteiger partial charge on any atom is -0.344 e. The van der Waals surface area contributed by atoms with Crippen LogP contribution in [-0.2, 0) is 10.8 Å². The number of anilines is 1. The van der Waals surface area contributed by atoms with E-state index >= 15 is 0 Å². The maximum Gasteiger partial charge on any atom is 0.0457 e. The Morgan fingerprint density at radius 1 is 0.897 bits per heavy atom. The Hall–Kier alpha value is -3.58. The quantitative estimate of drug-likeness (QED) is 0.222. The molecule has 1 heterocycles. The summed E-state index contributed by atoms with van der Waals surface area (Å²) in [6, 6.07) is 26.6. The van der Waals surface area contributed by atoms with Crippen molar-refractivity contribution in [1.82, 2.24) is 0 Å². The number of aryl methyl sites for hydroxylation is 1. The van der Waals surface area contributed by atoms with Crippen LogP contribution in [-0.4, -0.2) is 6.54 Å². The van der Waals surface area contributed by atoms with Gasteiger partial charge in [-0.2, -0.15) is 0 Å². The molecule has 1 heteroatoms. The number of hydrogen-bond donors (Lipinski definition) is 0. The van der Waals surface area contributed by atoms with Crippen molar-refractivity contribution in [3.63, 3.8) is 0 Å². The molecule has 0 saturated heterocycles. The number of rotatable bonds is 7. The van der Waals surface area contributed by atoms with Crippen LogP contribution in [0.15, 0.2) is 109 Å². The van der Waals surface area contributed by atoms with Gasteiger partial charge in [-0.1, -0.05) is 127 Å². The van der Waals surface area contributed by atoms with Crippen molar-refractivity contribution in [3.05, 3.63) is 126 Å². The molecule has 0 N–H and O–H groups in total. The van der Waals surface area contributed by atoms with E-state index in [0.29, 0.717) is 5.92 Å². The first-order valence-corrected chi connectivity index (χ1v) is 14.4. The fourth-order valence-electron chi connectivity index (χ4n) is 6.50. The smallest absolute Gasteiger partial charge is 0.0457 e. The number of fused-ring (bicyclic) bond motifs is 4. The SMILES string of the molecule is C=C(/C=C/C=C1/N(CCC(C)C)c2ccc3ccccc3c2C1(C)C)C(C)(C)c1c(C)ccc2ccccc12. The van der Waals surface area contributed by atoms with Gasteiger partial charge >= 0.3 is 0 Å². The lowest BCUT2D eigenvalue weighted by molar-refractivity contribution is 0.570. The van der Waals surface area contributed by atoms with E-state index in [1.165, 1.54) is 49.6 Å². The highest BCUT2D eigenvalue weighted by Gasteiger charge is 2.41. The summed E-state index contributed by atoms with van der Waals surface area (Å²) in [5, 5.41) is 5.27. The van der Waals surface area contributed by atoms with Crippen LogP contribution in [0.3, 0.4) is 0 Å². The van der Waals surface area contributed by atoms with Crippen molar-refractivity contribution in [2.45, 2.75) is 65.7 Å². The van der Waals surface area contributed by atoms with Gasteiger partial charge in [-0.05, 0) is 75.2 Å². The second kappa shape index (κ2) is 10.2. The molecule has 0 spiro atoms. The van der Waals surface area contributed by atoms with Crippen LogP contribution in [0.5, 0.6) is 0 Å². The minimum atomic E-state index is -0.193. The Labute approximate surface area is 235 Å². The number of benzene rings is 4. The van der Waals surface area contributed by atoms with Gasteiger partial charge in [-0.25, -0.2) is 0 Å². The number of allylic oxidation sites excluding steroid dienone is 5. The summed E-state index contributed by atoms with van der Waals surface area (Å²) in [5.74, 6) is 0.652. The first-order valence-electron chi connectivity index (χ1n) is 14.4. The molecule has 0 radical (unpaired) electrons. The normalized spacial score (nSPS) is 16.2. The van der Waals surface area contributed by atoms with Gasteiger partial charge < -0.3 is 4.90 Å². The van der Waals surface area contributed by atoms with Gasteiger partial charge in [0, 0.05) is 28.8 Å². The van der Waals surface area contributed by atoms with E-state index in [9.17, 15) is 0 Å². The third-order valence-electron chi connectivity index (χ3n) is 8.80. The molecular weight excluding hydrogens is 470 g/mol. The lowest BCUT2D eigenvalue weighted by atomic mass is 9.74. The molecule has 4 aromatic carbocycles. The first-order chi connectivity index (χ1) is 18.5. The van der Waals surface area contributed by atoms with Crippen LogP contribution < -0.4 is 4.90 Å². The lowest BCUT2D eigenvalue weighted by Gasteiger charge is -2.30. The van der Waals surface area contributed by atoms with Gasteiger partial charge in [0.1, 0.15) is 0 Å². The summed E-state index contributed by atoms with van der Waals surface area (Å²) in [4.78, 5) is 2.56. The molecule has 1 aliphatic rings. The molecule has 0 aliphatic carbocycles. The molecule has 4 aromatic rings. The molecule has 0 amide bonds. The number of hydrogen-bond acceptors (Lipinski definition) is 1. The zero-order chi connectivity index (χ0) is 27.9. The predicted octanol–water partition coefficient (Wildman–Crippen LogP) is 10.4. The average molecular weight is 514 g/mol. The van der Waals surface area contributed by atoms with Crippen molar-refractivity contribution in [1.29, 1.82) is 0 Å². The second-order valence-electron chi connectivity index (χ2n) is 12.7. The van der Waals surface area contributed by atoms with Crippen LogP contribution in [0.2, 0.25) is 0 Å². The highest BCUT2D eigenvalue weighted by atomic mass is 15.2. The molecule has 0 unspecified atom stereocenters. The summed E-state index contributed by atoms with van der Waals surface area (Å²) >= 11 is 0. The highest BCUT2D eigenvalue weighted by molar-refractivity contribution is 5.95. The molecular formula is C38H43N. The molecule has 0 aromatic heterocycles. The summed E-state index contributed by atoms with van der Waals surface area (Å²) in [6.07, 6.45) is 7.96. The maximum atomic E-state index is 4.58. The summed E-state index contributed by atoms with van der Waals surface area (Å²) in [7, 11) is 0. The topological polar surface area (TPSA) is 3.24 Å². The van der Waals surface area contributed by atoms with Crippen LogP contribution in [0.1, 0.15) is 64.7 Å². The van der Waals surface area contributed by atoms with E-state index in [0.717, 1.165) is 18.5 Å². The average Bonchev–Trinajstić information content (AvgIpc) is 3.12. The fraction of sp³-hybridized carbons (Fsp3) is 0.316. The van der Waals surface area contributed by atoms with Crippen molar-refractivity contribution in [2.75, 3.05) is 11.4 Å². The molecule has 1 aliphatic heterocycles. The molecule has 5 rings (SSSR count). The fourth-order valence-corrected chi connectivity index (χ4v) is 6.50. The van der Waals surface area contributed by atoms with Crippen molar-refractivity contribution in [3.8, 4) is 0 Å². The molecule has 0 bridgehead atoms. The third-order valence-corrected chi connectivity index (χ3v) is 8.80. The Balaban J connectivity index is 1.54. The minimum absolute atomic E-state index is 0.0966. The zero-order valence-corrected chi connectivity index (χ0v) is 24.8. The van der Waals surface area contributed by atoms with Gasteiger partial charge in [0.05, 0.1) is 0 Å². The van der Waals surface area contributed by atoms with E-state index in [1.807, 2.05) is 0 Å². The highest BCUT2D eigenvalue weighted by Crippen LogP contribution is 2.51. The largest absolute Gasteiger partial charge is 0.344 e. The number of nitrogens with zero attached hydrogens (tertiary/aromatic N) is 1. The molecule has 200 valence electrons. The van der Waals surface area contributed by atoms with Crippen LogP contribution in [0, 0.1) is 12.8 Å². The molecule has 0 atom stereocenters. The van der Waals surface area contributed by atoms with E-state index < -0.39 is 0 Å². The van der Waals surface area contributed by atoms with Crippen molar-refractivity contribution in [2.24, 2.45) is 5.92 Å². The third kappa shape index (κ3) is 4.73. The van der Waals surface area contributed by atoms with E-state index in [2.05, 4.69) is 151 Å². The Morgan fingerprint density at radius 2 is 1.51 bits per heavy atom. The standard InChI is InChI=1S/C38H43N/c1-26(2)24-25-39-33-23-22-30-16-10-12-18-32(30)36(33)38(7,8)34(39)19-13-14-28(4)37(5,6)35-27(3)20-21-29-15-9-11-17-31(29)35/h9-23,26H,4,24-25H2,1-3,5-8H3/b14-13+,34-19+. The predicted molar refractivity (Wildman–Crippen MR) is 172 cm³/mol. The second-order valence-corrected chi connectivity index (χ2v) is 12.7. The molecule has 39 heavy (non-hydrogen) atoms. The summed E-state index contributed by atoms with van der Waals surface area (Å²) in [6.45, 7) is 21.8. The van der Waals surface area contributed by atoms with E-state index in [1.54, 1.807) is 0 Å². The van der Waals surface area contributed by atoms with Crippen molar-refractivity contribution >= 4 is 27.2 Å². The van der Waals surface area contributed by atoms with Gasteiger partial charge in [0.25, 0.3) is 0 Å². The van der Waals surface area contributed by atoms with Crippen LogP contribution >= 0.6 is 0 Å². The maximum absolute atomic E-state index is 4.58. The Bertz CT molecular complexity index is 1610. The Morgan fingerprint density at radius 3 is 2.21 bits per heavy atom. The van der Waals surface area contributed by atoms with Gasteiger partial charge in [-0.15, -0.1) is 0 Å². The zero-order valence-electron chi connectivity index (χ0n) is 24.8. The van der Waals surface area contributed by atoms with Gasteiger partial charge in [0.15, 0.2) is 0 Å². The Kier molecular flexibility index (Phi) is 7.06. The molecule has 0 saturated carbocycles. The van der Waals surface area contributed by atoms with E-state index in [4.69, 9.17) is 0 Å².